The number of rotatable bonds is 3. The van der Waals surface area contributed by atoms with Crippen LogP contribution in [0, 0.1) is 0 Å². The van der Waals surface area contributed by atoms with Crippen molar-refractivity contribution in [3.05, 3.63) is 102 Å². The number of carbonyl (C=O) groups is 1. The van der Waals surface area contributed by atoms with Gasteiger partial charge in [0.1, 0.15) is 5.65 Å². The number of hydrogen-bond acceptors (Lipinski definition) is 2. The molecule has 4 aromatic rings. The number of fused-ring (bicyclic) bond motifs is 2. The SMILES string of the molecule is O=C(/C=C/c1c(-c2ccccc2)nc2ccccn12)N1CCc2ccccc2C1. The highest BCUT2D eigenvalue weighted by molar-refractivity contribution is 5.93. The second-order valence-corrected chi connectivity index (χ2v) is 7.25. The molecule has 1 aliphatic rings. The molecule has 0 N–H and O–H groups in total. The van der Waals surface area contributed by atoms with E-state index in [1.165, 1.54) is 11.1 Å². The molecule has 1 amide bonds. The molecule has 29 heavy (non-hydrogen) atoms. The van der Waals surface area contributed by atoms with E-state index in [2.05, 4.69) is 18.2 Å². The van der Waals surface area contributed by atoms with Crippen molar-refractivity contribution in [2.24, 2.45) is 0 Å². The maximum absolute atomic E-state index is 12.9. The van der Waals surface area contributed by atoms with Gasteiger partial charge in [0.05, 0.1) is 11.4 Å². The monoisotopic (exact) mass is 379 g/mol. The molecule has 1 aliphatic heterocycles. The summed E-state index contributed by atoms with van der Waals surface area (Å²) in [6.45, 7) is 1.41. The lowest BCUT2D eigenvalue weighted by Crippen LogP contribution is -2.34. The number of amides is 1. The number of imidazole rings is 1. The molecular formula is C25H21N3O. The van der Waals surface area contributed by atoms with Gasteiger partial charge in [-0.1, -0.05) is 60.7 Å². The Morgan fingerprint density at radius 2 is 1.66 bits per heavy atom. The number of hydrogen-bond donors (Lipinski definition) is 0. The van der Waals surface area contributed by atoms with E-state index in [0.717, 1.165) is 35.6 Å². The van der Waals surface area contributed by atoms with Crippen LogP contribution < -0.4 is 0 Å². The van der Waals surface area contributed by atoms with Crippen molar-refractivity contribution in [3.63, 3.8) is 0 Å². The average Bonchev–Trinajstić information content (AvgIpc) is 3.16. The van der Waals surface area contributed by atoms with E-state index in [4.69, 9.17) is 4.98 Å². The van der Waals surface area contributed by atoms with Crippen LogP contribution in [0.5, 0.6) is 0 Å². The van der Waals surface area contributed by atoms with Crippen LogP contribution in [-0.4, -0.2) is 26.7 Å². The molecule has 0 bridgehead atoms. The summed E-state index contributed by atoms with van der Waals surface area (Å²) in [5.74, 6) is 0.0318. The molecule has 3 heterocycles. The molecule has 4 nitrogen and oxygen atoms in total. The molecule has 0 saturated heterocycles. The Morgan fingerprint density at radius 3 is 2.52 bits per heavy atom. The van der Waals surface area contributed by atoms with Gasteiger partial charge in [-0.25, -0.2) is 4.98 Å². The molecule has 0 spiro atoms. The Morgan fingerprint density at radius 1 is 0.897 bits per heavy atom. The van der Waals surface area contributed by atoms with E-state index in [9.17, 15) is 4.79 Å². The first kappa shape index (κ1) is 17.4. The second kappa shape index (κ2) is 7.40. The van der Waals surface area contributed by atoms with Gasteiger partial charge in [0.2, 0.25) is 5.91 Å². The fourth-order valence-electron chi connectivity index (χ4n) is 3.92. The maximum atomic E-state index is 12.9. The third-order valence-corrected chi connectivity index (χ3v) is 5.44. The standard InChI is InChI=1S/C25H21N3O/c29-24(27-17-15-19-8-4-5-11-21(19)18-27)14-13-22-25(20-9-2-1-3-10-20)26-23-12-6-7-16-28(22)23/h1-14,16H,15,17-18H2/b14-13+. The Kier molecular flexibility index (Phi) is 4.45. The van der Waals surface area contributed by atoms with Crippen molar-refractivity contribution in [1.82, 2.24) is 14.3 Å². The summed E-state index contributed by atoms with van der Waals surface area (Å²) in [6, 6.07) is 24.4. The van der Waals surface area contributed by atoms with Gasteiger partial charge in [-0.05, 0) is 35.8 Å². The van der Waals surface area contributed by atoms with Gasteiger partial charge in [-0.2, -0.15) is 0 Å². The predicted octanol–water partition coefficient (Wildman–Crippen LogP) is 4.60. The van der Waals surface area contributed by atoms with Gasteiger partial charge in [0.25, 0.3) is 0 Å². The first-order valence-electron chi connectivity index (χ1n) is 9.86. The predicted molar refractivity (Wildman–Crippen MR) is 115 cm³/mol. The molecule has 2 aromatic carbocycles. The molecule has 0 saturated carbocycles. The van der Waals surface area contributed by atoms with Crippen molar-refractivity contribution in [2.45, 2.75) is 13.0 Å². The number of pyridine rings is 1. The van der Waals surface area contributed by atoms with E-state index in [-0.39, 0.29) is 5.91 Å². The van der Waals surface area contributed by atoms with Crippen LogP contribution in [0.3, 0.4) is 0 Å². The van der Waals surface area contributed by atoms with Crippen LogP contribution in [0.1, 0.15) is 16.8 Å². The number of benzene rings is 2. The Labute approximate surface area is 169 Å². The van der Waals surface area contributed by atoms with Gasteiger partial charge in [0, 0.05) is 30.9 Å². The smallest absolute Gasteiger partial charge is 0.246 e. The second-order valence-electron chi connectivity index (χ2n) is 7.25. The Balaban J connectivity index is 1.47. The van der Waals surface area contributed by atoms with Crippen molar-refractivity contribution < 1.29 is 4.79 Å². The Hall–Kier alpha value is -3.66. The summed E-state index contributed by atoms with van der Waals surface area (Å²) >= 11 is 0. The molecule has 0 unspecified atom stereocenters. The van der Waals surface area contributed by atoms with Crippen LogP contribution in [0.2, 0.25) is 0 Å². The molecular weight excluding hydrogens is 358 g/mol. The third-order valence-electron chi connectivity index (χ3n) is 5.44. The van der Waals surface area contributed by atoms with Gasteiger partial charge in [-0.3, -0.25) is 9.20 Å². The third kappa shape index (κ3) is 3.34. The van der Waals surface area contributed by atoms with Crippen molar-refractivity contribution in [1.29, 1.82) is 0 Å². The van der Waals surface area contributed by atoms with E-state index in [1.54, 1.807) is 6.08 Å². The van der Waals surface area contributed by atoms with Gasteiger partial charge in [0.15, 0.2) is 0 Å². The zero-order chi connectivity index (χ0) is 19.6. The van der Waals surface area contributed by atoms with Crippen molar-refractivity contribution in [3.8, 4) is 11.3 Å². The fraction of sp³-hybridized carbons (Fsp3) is 0.120. The largest absolute Gasteiger partial charge is 0.334 e. The van der Waals surface area contributed by atoms with Crippen LogP contribution >= 0.6 is 0 Å². The van der Waals surface area contributed by atoms with E-state index in [0.29, 0.717) is 6.54 Å². The molecule has 142 valence electrons. The van der Waals surface area contributed by atoms with E-state index >= 15 is 0 Å². The molecule has 2 aromatic heterocycles. The average molecular weight is 379 g/mol. The lowest BCUT2D eigenvalue weighted by atomic mass is 10.00. The lowest BCUT2D eigenvalue weighted by Gasteiger charge is -2.27. The first-order valence-corrected chi connectivity index (χ1v) is 9.86. The normalized spacial score (nSPS) is 13.7. The van der Waals surface area contributed by atoms with Crippen LogP contribution in [-0.2, 0) is 17.8 Å². The highest BCUT2D eigenvalue weighted by atomic mass is 16.2. The molecule has 4 heteroatoms. The minimum Gasteiger partial charge on any atom is -0.334 e. The maximum Gasteiger partial charge on any atom is 0.246 e. The van der Waals surface area contributed by atoms with Crippen LogP contribution in [0.4, 0.5) is 0 Å². The van der Waals surface area contributed by atoms with Crippen LogP contribution in [0.25, 0.3) is 23.0 Å². The summed E-state index contributed by atoms with van der Waals surface area (Å²) in [4.78, 5) is 19.6. The van der Waals surface area contributed by atoms with Gasteiger partial charge < -0.3 is 4.90 Å². The lowest BCUT2D eigenvalue weighted by molar-refractivity contribution is -0.126. The summed E-state index contributed by atoms with van der Waals surface area (Å²) < 4.78 is 2.03. The summed E-state index contributed by atoms with van der Waals surface area (Å²) in [6.07, 6.45) is 6.46. The highest BCUT2D eigenvalue weighted by Gasteiger charge is 2.19. The first-order chi connectivity index (χ1) is 14.3. The van der Waals surface area contributed by atoms with Gasteiger partial charge >= 0.3 is 0 Å². The molecule has 5 rings (SSSR count). The van der Waals surface area contributed by atoms with Gasteiger partial charge in [-0.15, -0.1) is 0 Å². The quantitative estimate of drug-likeness (QED) is 0.488. The molecule has 0 radical (unpaired) electrons. The summed E-state index contributed by atoms with van der Waals surface area (Å²) in [5, 5.41) is 0. The number of nitrogens with zero attached hydrogens (tertiary/aromatic N) is 3. The van der Waals surface area contributed by atoms with E-state index < -0.39 is 0 Å². The highest BCUT2D eigenvalue weighted by Crippen LogP contribution is 2.26. The zero-order valence-electron chi connectivity index (χ0n) is 16.0. The number of aromatic nitrogens is 2. The Bertz CT molecular complexity index is 1210. The summed E-state index contributed by atoms with van der Waals surface area (Å²) in [5.41, 5.74) is 6.27. The minimum absolute atomic E-state index is 0.0318. The van der Waals surface area contributed by atoms with Crippen molar-refractivity contribution in [2.75, 3.05) is 6.54 Å². The molecule has 0 fully saturated rings. The fourth-order valence-corrected chi connectivity index (χ4v) is 3.92. The molecule has 0 aliphatic carbocycles. The van der Waals surface area contributed by atoms with E-state index in [1.807, 2.05) is 76.2 Å². The summed E-state index contributed by atoms with van der Waals surface area (Å²) in [7, 11) is 0. The molecule has 0 atom stereocenters. The number of carbonyl (C=O) groups excluding carboxylic acids is 1. The topological polar surface area (TPSA) is 37.6 Å². The van der Waals surface area contributed by atoms with Crippen LogP contribution in [0.15, 0.2) is 85.1 Å². The van der Waals surface area contributed by atoms with Crippen molar-refractivity contribution >= 4 is 17.6 Å². The minimum atomic E-state index is 0.0318. The zero-order valence-corrected chi connectivity index (χ0v) is 16.0.